The molecular weight excluding hydrogens is 254 g/mol. The van der Waals surface area contributed by atoms with Crippen LogP contribution in [0.25, 0.3) is 0 Å². The van der Waals surface area contributed by atoms with Crippen LogP contribution in [-0.4, -0.2) is 42.0 Å². The van der Waals surface area contributed by atoms with Crippen molar-refractivity contribution in [3.05, 3.63) is 18.3 Å². The molecule has 1 heterocycles. The lowest BCUT2D eigenvalue weighted by atomic mass is 9.93. The van der Waals surface area contributed by atoms with Gasteiger partial charge in [0, 0.05) is 18.8 Å². The van der Waals surface area contributed by atoms with Crippen molar-refractivity contribution in [1.82, 2.24) is 9.29 Å². The molecule has 6 nitrogen and oxygen atoms in total. The summed E-state index contributed by atoms with van der Waals surface area (Å²) < 4.78 is 26.2. The standard InChI is InChI=1S/C11H17N3O3S/c12-11-5-4-10(8-13-11)18(16,17)14(6-7-15)9-2-1-3-9/h4-5,8-9,15H,1-3,6-7H2,(H2,12,13). The predicted molar refractivity (Wildman–Crippen MR) is 67.3 cm³/mol. The Kier molecular flexibility index (Phi) is 3.84. The van der Waals surface area contributed by atoms with Crippen LogP contribution in [0.2, 0.25) is 0 Å². The summed E-state index contributed by atoms with van der Waals surface area (Å²) in [5, 5.41) is 9.02. The number of aliphatic hydroxyl groups is 1. The number of rotatable bonds is 5. The maximum absolute atomic E-state index is 12.4. The maximum Gasteiger partial charge on any atom is 0.244 e. The van der Waals surface area contributed by atoms with Gasteiger partial charge in [-0.2, -0.15) is 4.31 Å². The topological polar surface area (TPSA) is 96.5 Å². The largest absolute Gasteiger partial charge is 0.395 e. The number of pyridine rings is 1. The van der Waals surface area contributed by atoms with Crippen LogP contribution in [0.15, 0.2) is 23.2 Å². The third-order valence-electron chi connectivity index (χ3n) is 3.17. The highest BCUT2D eigenvalue weighted by atomic mass is 32.2. The van der Waals surface area contributed by atoms with Crippen LogP contribution in [-0.2, 0) is 10.0 Å². The van der Waals surface area contributed by atoms with Gasteiger partial charge in [0.2, 0.25) is 10.0 Å². The number of nitrogens with two attached hydrogens (primary N) is 1. The molecule has 0 aliphatic heterocycles. The van der Waals surface area contributed by atoms with Crippen LogP contribution in [0, 0.1) is 0 Å². The van der Waals surface area contributed by atoms with E-state index >= 15 is 0 Å². The van der Waals surface area contributed by atoms with Crippen molar-refractivity contribution >= 4 is 15.8 Å². The van der Waals surface area contributed by atoms with Gasteiger partial charge in [-0.05, 0) is 25.0 Å². The van der Waals surface area contributed by atoms with Gasteiger partial charge in [0.25, 0.3) is 0 Å². The van der Waals surface area contributed by atoms with E-state index < -0.39 is 10.0 Å². The zero-order valence-corrected chi connectivity index (χ0v) is 10.8. The third kappa shape index (κ3) is 2.47. The van der Waals surface area contributed by atoms with Gasteiger partial charge in [0.1, 0.15) is 10.7 Å². The molecule has 0 saturated heterocycles. The lowest BCUT2D eigenvalue weighted by Crippen LogP contribution is -2.45. The maximum atomic E-state index is 12.4. The van der Waals surface area contributed by atoms with Crippen LogP contribution in [0.5, 0.6) is 0 Å². The normalized spacial score (nSPS) is 16.8. The molecule has 7 heteroatoms. The van der Waals surface area contributed by atoms with Crippen LogP contribution in [0.3, 0.4) is 0 Å². The first kappa shape index (κ1) is 13.3. The van der Waals surface area contributed by atoms with Gasteiger partial charge in [0.05, 0.1) is 6.61 Å². The van der Waals surface area contributed by atoms with E-state index in [1.165, 1.54) is 22.6 Å². The quantitative estimate of drug-likeness (QED) is 0.797. The van der Waals surface area contributed by atoms with Crippen LogP contribution in [0.1, 0.15) is 19.3 Å². The fraction of sp³-hybridized carbons (Fsp3) is 0.545. The Hall–Kier alpha value is -1.18. The molecule has 0 spiro atoms. The van der Waals surface area contributed by atoms with Crippen LogP contribution >= 0.6 is 0 Å². The molecule has 1 saturated carbocycles. The minimum absolute atomic E-state index is 0.000275. The monoisotopic (exact) mass is 271 g/mol. The van der Waals surface area contributed by atoms with Gasteiger partial charge in [-0.25, -0.2) is 13.4 Å². The van der Waals surface area contributed by atoms with E-state index in [0.29, 0.717) is 0 Å². The number of nitrogen functional groups attached to an aromatic ring is 1. The fourth-order valence-electron chi connectivity index (χ4n) is 1.95. The minimum Gasteiger partial charge on any atom is -0.395 e. The summed E-state index contributed by atoms with van der Waals surface area (Å²) in [6, 6.07) is 2.91. The number of nitrogens with zero attached hydrogens (tertiary/aromatic N) is 2. The lowest BCUT2D eigenvalue weighted by molar-refractivity contribution is 0.178. The molecule has 0 atom stereocenters. The molecule has 1 aliphatic carbocycles. The highest BCUT2D eigenvalue weighted by Crippen LogP contribution is 2.29. The average molecular weight is 271 g/mol. The fourth-order valence-corrected chi connectivity index (χ4v) is 3.57. The zero-order chi connectivity index (χ0) is 13.2. The van der Waals surface area contributed by atoms with Crippen molar-refractivity contribution in [2.45, 2.75) is 30.2 Å². The Balaban J connectivity index is 2.29. The Labute approximate surface area is 106 Å². The summed E-state index contributed by atoms with van der Waals surface area (Å²) in [5.74, 6) is 0.284. The minimum atomic E-state index is -3.58. The SMILES string of the molecule is Nc1ccc(S(=O)(=O)N(CCO)C2CCC2)cn1. The molecular formula is C11H17N3O3S. The molecule has 0 amide bonds. The highest BCUT2D eigenvalue weighted by Gasteiger charge is 2.34. The predicted octanol–water partition coefficient (Wildman–Crippen LogP) is 0.199. The molecule has 1 aromatic heterocycles. The smallest absolute Gasteiger partial charge is 0.244 e. The van der Waals surface area contributed by atoms with E-state index in [-0.39, 0.29) is 29.9 Å². The first-order chi connectivity index (χ1) is 8.55. The van der Waals surface area contributed by atoms with Crippen molar-refractivity contribution in [1.29, 1.82) is 0 Å². The van der Waals surface area contributed by atoms with Gasteiger partial charge < -0.3 is 10.8 Å². The lowest BCUT2D eigenvalue weighted by Gasteiger charge is -2.36. The zero-order valence-electron chi connectivity index (χ0n) is 9.99. The van der Waals surface area contributed by atoms with Gasteiger partial charge in [-0.1, -0.05) is 6.42 Å². The Morgan fingerprint density at radius 3 is 2.61 bits per heavy atom. The summed E-state index contributed by atoms with van der Waals surface area (Å²) >= 11 is 0. The number of hydrogen-bond acceptors (Lipinski definition) is 5. The van der Waals surface area contributed by atoms with Crippen LogP contribution in [0.4, 0.5) is 5.82 Å². The Bertz CT molecular complexity index is 497. The third-order valence-corrected chi connectivity index (χ3v) is 5.10. The summed E-state index contributed by atoms with van der Waals surface area (Å²) in [6.07, 6.45) is 3.99. The second-order valence-corrected chi connectivity index (χ2v) is 6.23. The van der Waals surface area contributed by atoms with Gasteiger partial charge in [0.15, 0.2) is 0 Å². The van der Waals surface area contributed by atoms with Crippen molar-refractivity contribution in [3.8, 4) is 0 Å². The second kappa shape index (κ2) is 5.21. The van der Waals surface area contributed by atoms with E-state index in [1.54, 1.807) is 0 Å². The Morgan fingerprint density at radius 2 is 2.17 bits per heavy atom. The van der Waals surface area contributed by atoms with Crippen molar-refractivity contribution in [3.63, 3.8) is 0 Å². The van der Waals surface area contributed by atoms with E-state index in [1.807, 2.05) is 0 Å². The molecule has 18 heavy (non-hydrogen) atoms. The van der Waals surface area contributed by atoms with E-state index in [9.17, 15) is 8.42 Å². The average Bonchev–Trinajstić information content (AvgIpc) is 2.26. The summed E-state index contributed by atoms with van der Waals surface area (Å²) in [5.41, 5.74) is 5.44. The van der Waals surface area contributed by atoms with Gasteiger partial charge in [-0.15, -0.1) is 0 Å². The molecule has 3 N–H and O–H groups in total. The second-order valence-electron chi connectivity index (χ2n) is 4.34. The number of hydrogen-bond donors (Lipinski definition) is 2. The van der Waals surface area contributed by atoms with E-state index in [0.717, 1.165) is 19.3 Å². The van der Waals surface area contributed by atoms with Crippen LogP contribution < -0.4 is 5.73 Å². The number of sulfonamides is 1. The van der Waals surface area contributed by atoms with Gasteiger partial charge >= 0.3 is 0 Å². The summed E-state index contributed by atoms with van der Waals surface area (Å²) in [7, 11) is -3.58. The molecule has 1 fully saturated rings. The molecule has 1 aromatic rings. The van der Waals surface area contributed by atoms with Crippen molar-refractivity contribution in [2.75, 3.05) is 18.9 Å². The molecule has 2 rings (SSSR count). The molecule has 0 unspecified atom stereocenters. The van der Waals surface area contributed by atoms with Crippen molar-refractivity contribution in [2.24, 2.45) is 0 Å². The van der Waals surface area contributed by atoms with Crippen molar-refractivity contribution < 1.29 is 13.5 Å². The molecule has 0 bridgehead atoms. The van der Waals surface area contributed by atoms with E-state index in [2.05, 4.69) is 4.98 Å². The number of anilines is 1. The highest BCUT2D eigenvalue weighted by molar-refractivity contribution is 7.89. The summed E-state index contributed by atoms with van der Waals surface area (Å²) in [4.78, 5) is 3.92. The molecule has 0 radical (unpaired) electrons. The Morgan fingerprint density at radius 1 is 1.44 bits per heavy atom. The van der Waals surface area contributed by atoms with E-state index in [4.69, 9.17) is 10.8 Å². The number of aromatic nitrogens is 1. The molecule has 0 aromatic carbocycles. The summed E-state index contributed by atoms with van der Waals surface area (Å²) in [6.45, 7) is -0.0600. The molecule has 100 valence electrons. The molecule has 1 aliphatic rings. The first-order valence-electron chi connectivity index (χ1n) is 5.90. The number of aliphatic hydroxyl groups excluding tert-OH is 1. The van der Waals surface area contributed by atoms with Gasteiger partial charge in [-0.3, -0.25) is 0 Å². The first-order valence-corrected chi connectivity index (χ1v) is 7.34.